The monoisotopic (exact) mass is 394 g/mol. The van der Waals surface area contributed by atoms with Crippen LogP contribution in [0, 0.1) is 5.92 Å². The summed E-state index contributed by atoms with van der Waals surface area (Å²) in [4.78, 5) is 60.7. The van der Waals surface area contributed by atoms with Gasteiger partial charge in [0.2, 0.25) is 0 Å². The molecule has 6 amide bonds. The van der Waals surface area contributed by atoms with Crippen LogP contribution in [-0.4, -0.2) is 59.5 Å². The molecule has 0 spiro atoms. The van der Waals surface area contributed by atoms with Gasteiger partial charge in [-0.2, -0.15) is 0 Å². The highest BCUT2D eigenvalue weighted by atomic mass is 16.5. The SMILES string of the molecule is C[C@]1(C2CC2)NC(=O)N(CC(=O)OCC(=O)NC(=O)NC2CCCCC2)C1=O. The second kappa shape index (κ2) is 8.15. The smallest absolute Gasteiger partial charge is 0.326 e. The number of nitrogens with zero attached hydrogens (tertiary/aromatic N) is 1. The molecule has 0 aromatic rings. The van der Waals surface area contributed by atoms with Crippen LogP contribution >= 0.6 is 0 Å². The van der Waals surface area contributed by atoms with Gasteiger partial charge in [0.05, 0.1) is 0 Å². The number of hydrogen-bond acceptors (Lipinski definition) is 6. The average molecular weight is 394 g/mol. The minimum absolute atomic E-state index is 0.0459. The Morgan fingerprint density at radius 3 is 2.46 bits per heavy atom. The van der Waals surface area contributed by atoms with E-state index in [4.69, 9.17) is 4.74 Å². The summed E-state index contributed by atoms with van der Waals surface area (Å²) in [6, 6.07) is -1.22. The van der Waals surface area contributed by atoms with Crippen LogP contribution in [0.5, 0.6) is 0 Å². The molecule has 0 aromatic carbocycles. The standard InChI is InChI=1S/C18H26N4O6/c1-18(11-7-8-11)15(25)22(17(27)21-18)9-14(24)28-10-13(23)20-16(26)19-12-5-3-2-4-6-12/h11-12H,2-10H2,1H3,(H,21,27)(H2,19,20,23,26)/t18-/m1/s1. The molecule has 0 radical (unpaired) electrons. The minimum atomic E-state index is -0.980. The summed E-state index contributed by atoms with van der Waals surface area (Å²) >= 11 is 0. The van der Waals surface area contributed by atoms with Crippen molar-refractivity contribution >= 4 is 29.8 Å². The Bertz CT molecular complexity index is 686. The van der Waals surface area contributed by atoms with Crippen LogP contribution < -0.4 is 16.0 Å². The minimum Gasteiger partial charge on any atom is -0.454 e. The molecule has 2 aliphatic carbocycles. The van der Waals surface area contributed by atoms with Gasteiger partial charge in [0.1, 0.15) is 12.1 Å². The number of amides is 6. The zero-order valence-corrected chi connectivity index (χ0v) is 15.9. The van der Waals surface area contributed by atoms with Gasteiger partial charge in [-0.15, -0.1) is 0 Å². The molecular weight excluding hydrogens is 368 g/mol. The van der Waals surface area contributed by atoms with Crippen LogP contribution in [0.3, 0.4) is 0 Å². The fraction of sp³-hybridized carbons (Fsp3) is 0.722. The Kier molecular flexibility index (Phi) is 5.85. The zero-order chi connectivity index (χ0) is 20.3. The van der Waals surface area contributed by atoms with Gasteiger partial charge in [-0.25, -0.2) is 9.59 Å². The molecule has 3 rings (SSSR count). The summed E-state index contributed by atoms with van der Waals surface area (Å²) in [5, 5.41) is 7.44. The van der Waals surface area contributed by atoms with Gasteiger partial charge < -0.3 is 15.4 Å². The quantitative estimate of drug-likeness (QED) is 0.441. The summed E-state index contributed by atoms with van der Waals surface area (Å²) in [5.74, 6) is -2.06. The molecule has 10 nitrogen and oxygen atoms in total. The molecule has 0 aromatic heterocycles. The van der Waals surface area contributed by atoms with E-state index in [1.54, 1.807) is 6.92 Å². The number of urea groups is 2. The van der Waals surface area contributed by atoms with Crippen molar-refractivity contribution in [3.05, 3.63) is 0 Å². The lowest BCUT2D eigenvalue weighted by Crippen LogP contribution is -2.47. The number of esters is 1. The number of imide groups is 2. The number of ether oxygens (including phenoxy) is 1. The van der Waals surface area contributed by atoms with Crippen LogP contribution in [0.1, 0.15) is 51.9 Å². The van der Waals surface area contributed by atoms with Crippen LogP contribution in [0.4, 0.5) is 9.59 Å². The van der Waals surface area contributed by atoms with E-state index in [0.717, 1.165) is 49.8 Å². The topological polar surface area (TPSA) is 134 Å². The van der Waals surface area contributed by atoms with E-state index in [1.165, 1.54) is 0 Å². The highest BCUT2D eigenvalue weighted by molar-refractivity contribution is 6.09. The summed E-state index contributed by atoms with van der Waals surface area (Å²) in [5.41, 5.74) is -0.980. The molecular formula is C18H26N4O6. The van der Waals surface area contributed by atoms with E-state index in [2.05, 4.69) is 16.0 Å². The van der Waals surface area contributed by atoms with Crippen molar-refractivity contribution in [2.45, 2.75) is 63.5 Å². The first kappa shape index (κ1) is 20.1. The first-order valence-electron chi connectivity index (χ1n) is 9.69. The van der Waals surface area contributed by atoms with Crippen molar-refractivity contribution < 1.29 is 28.7 Å². The molecule has 10 heteroatoms. The molecule has 3 fully saturated rings. The largest absolute Gasteiger partial charge is 0.454 e. The molecule has 1 heterocycles. The Labute approximate surface area is 162 Å². The molecule has 28 heavy (non-hydrogen) atoms. The number of rotatable bonds is 6. The van der Waals surface area contributed by atoms with Crippen molar-refractivity contribution in [1.29, 1.82) is 0 Å². The Hall–Kier alpha value is -2.65. The van der Waals surface area contributed by atoms with E-state index < -0.39 is 48.5 Å². The molecule has 2 saturated carbocycles. The van der Waals surface area contributed by atoms with E-state index in [-0.39, 0.29) is 12.0 Å². The van der Waals surface area contributed by atoms with Gasteiger partial charge in [0.15, 0.2) is 6.61 Å². The Morgan fingerprint density at radius 1 is 1.14 bits per heavy atom. The molecule has 1 atom stereocenters. The van der Waals surface area contributed by atoms with Crippen LogP contribution in [-0.2, 0) is 19.1 Å². The lowest BCUT2D eigenvalue weighted by Gasteiger charge is -2.22. The summed E-state index contributed by atoms with van der Waals surface area (Å²) in [7, 11) is 0. The maximum Gasteiger partial charge on any atom is 0.326 e. The molecule has 0 unspecified atom stereocenters. The lowest BCUT2D eigenvalue weighted by atomic mass is 9.96. The van der Waals surface area contributed by atoms with E-state index in [1.807, 2.05) is 0 Å². The molecule has 3 aliphatic rings. The third-order valence-electron chi connectivity index (χ3n) is 5.54. The van der Waals surface area contributed by atoms with Crippen molar-refractivity contribution in [3.63, 3.8) is 0 Å². The molecule has 3 N–H and O–H groups in total. The molecule has 1 saturated heterocycles. The molecule has 154 valence electrons. The maximum absolute atomic E-state index is 12.4. The van der Waals surface area contributed by atoms with Crippen LogP contribution in [0.25, 0.3) is 0 Å². The van der Waals surface area contributed by atoms with Gasteiger partial charge in [-0.1, -0.05) is 19.3 Å². The fourth-order valence-electron chi connectivity index (χ4n) is 3.75. The normalized spacial score (nSPS) is 25.2. The second-order valence-electron chi connectivity index (χ2n) is 7.82. The fourth-order valence-corrected chi connectivity index (χ4v) is 3.75. The van der Waals surface area contributed by atoms with Crippen molar-refractivity contribution in [2.24, 2.45) is 5.92 Å². The first-order chi connectivity index (χ1) is 13.3. The van der Waals surface area contributed by atoms with Gasteiger partial charge in [-0.3, -0.25) is 24.6 Å². The third-order valence-corrected chi connectivity index (χ3v) is 5.54. The summed E-state index contributed by atoms with van der Waals surface area (Å²) in [6.45, 7) is 0.406. The van der Waals surface area contributed by atoms with Gasteiger partial charge >= 0.3 is 18.0 Å². The predicted octanol–water partition coefficient (Wildman–Crippen LogP) is 0.409. The lowest BCUT2D eigenvalue weighted by molar-refractivity contribution is -0.150. The van der Waals surface area contributed by atoms with Gasteiger partial charge in [-0.05, 0) is 38.5 Å². The summed E-state index contributed by atoms with van der Waals surface area (Å²) < 4.78 is 4.79. The van der Waals surface area contributed by atoms with Crippen molar-refractivity contribution in [3.8, 4) is 0 Å². The number of carbonyl (C=O) groups is 5. The second-order valence-corrected chi connectivity index (χ2v) is 7.82. The first-order valence-corrected chi connectivity index (χ1v) is 9.69. The number of nitrogens with one attached hydrogen (secondary N) is 3. The molecule has 0 bridgehead atoms. The highest BCUT2D eigenvalue weighted by Crippen LogP contribution is 2.42. The Morgan fingerprint density at radius 2 is 1.82 bits per heavy atom. The molecule has 1 aliphatic heterocycles. The number of hydrogen-bond donors (Lipinski definition) is 3. The van der Waals surface area contributed by atoms with Crippen LogP contribution in [0.15, 0.2) is 0 Å². The van der Waals surface area contributed by atoms with Crippen LogP contribution in [0.2, 0.25) is 0 Å². The van der Waals surface area contributed by atoms with Crippen molar-refractivity contribution in [1.82, 2.24) is 20.9 Å². The van der Waals surface area contributed by atoms with E-state index >= 15 is 0 Å². The number of carbonyl (C=O) groups excluding carboxylic acids is 5. The highest BCUT2D eigenvalue weighted by Gasteiger charge is 2.56. The third kappa shape index (κ3) is 4.60. The average Bonchev–Trinajstić information content (AvgIpc) is 3.47. The van der Waals surface area contributed by atoms with E-state index in [9.17, 15) is 24.0 Å². The summed E-state index contributed by atoms with van der Waals surface area (Å²) in [6.07, 6.45) is 6.68. The van der Waals surface area contributed by atoms with Gasteiger partial charge in [0, 0.05) is 6.04 Å². The zero-order valence-electron chi connectivity index (χ0n) is 15.9. The van der Waals surface area contributed by atoms with Gasteiger partial charge in [0.25, 0.3) is 11.8 Å². The maximum atomic E-state index is 12.4. The van der Waals surface area contributed by atoms with Crippen molar-refractivity contribution in [2.75, 3.05) is 13.2 Å². The Balaban J connectivity index is 1.39. The predicted molar refractivity (Wildman–Crippen MR) is 95.9 cm³/mol. The van der Waals surface area contributed by atoms with E-state index in [0.29, 0.717) is 0 Å².